The smallest absolute Gasteiger partial charge is 0.0491 e. The van der Waals surface area contributed by atoms with Crippen LogP contribution in [0.4, 0.5) is 5.69 Å². The molecule has 1 N–H and O–H groups in total. The molecule has 1 nitrogen and oxygen atoms in total. The Balaban J connectivity index is 1.85. The third-order valence-corrected chi connectivity index (χ3v) is 4.25. The number of hydrogen-bond donors (Lipinski definition) is 1. The second kappa shape index (κ2) is 6.23. The topological polar surface area (TPSA) is 12.0 Å². The van der Waals surface area contributed by atoms with Crippen molar-refractivity contribution in [2.75, 3.05) is 5.32 Å². The number of hydrogen-bond acceptors (Lipinski definition) is 1. The van der Waals surface area contributed by atoms with E-state index in [9.17, 15) is 0 Å². The summed E-state index contributed by atoms with van der Waals surface area (Å²) >= 11 is 0. The molecule has 1 heteroatoms. The van der Waals surface area contributed by atoms with Gasteiger partial charge in [0.1, 0.15) is 0 Å². The number of nitrogens with one attached hydrogen (secondary N) is 1. The molecular weight excluding hydrogens is 266 g/mol. The van der Waals surface area contributed by atoms with Crippen LogP contribution in [-0.2, 0) is 0 Å². The standard InChI is InChI=1S/C21H23N/c1-15(2)17-11-13-19(14-12-17)22-16(3)20-10-6-8-18-7-4-5-9-21(18)20/h4-16,22H,1-3H3/t16-/m1/s1. The lowest BCUT2D eigenvalue weighted by Crippen LogP contribution is -2.07. The first-order chi connectivity index (χ1) is 10.6. The summed E-state index contributed by atoms with van der Waals surface area (Å²) in [5, 5.41) is 6.23. The molecule has 0 saturated heterocycles. The fourth-order valence-electron chi connectivity index (χ4n) is 2.92. The lowest BCUT2D eigenvalue weighted by molar-refractivity contribution is 0.864. The molecule has 3 aromatic rings. The van der Waals surface area contributed by atoms with Gasteiger partial charge < -0.3 is 5.32 Å². The first-order valence-corrected chi connectivity index (χ1v) is 7.99. The summed E-state index contributed by atoms with van der Waals surface area (Å²) in [6.45, 7) is 6.67. The first kappa shape index (κ1) is 14.6. The van der Waals surface area contributed by atoms with Crippen LogP contribution in [0, 0.1) is 0 Å². The third kappa shape index (κ3) is 2.99. The van der Waals surface area contributed by atoms with Crippen LogP contribution in [0.1, 0.15) is 43.9 Å². The van der Waals surface area contributed by atoms with E-state index in [0.29, 0.717) is 5.92 Å². The van der Waals surface area contributed by atoms with Crippen molar-refractivity contribution >= 4 is 16.5 Å². The van der Waals surface area contributed by atoms with Gasteiger partial charge in [0.2, 0.25) is 0 Å². The summed E-state index contributed by atoms with van der Waals surface area (Å²) < 4.78 is 0. The highest BCUT2D eigenvalue weighted by Gasteiger charge is 2.09. The highest BCUT2D eigenvalue weighted by molar-refractivity contribution is 5.86. The molecule has 0 aromatic heterocycles. The molecule has 0 fully saturated rings. The van der Waals surface area contributed by atoms with Gasteiger partial charge in [0.05, 0.1) is 0 Å². The predicted molar refractivity (Wildman–Crippen MR) is 96.5 cm³/mol. The number of benzene rings is 3. The minimum absolute atomic E-state index is 0.274. The molecule has 1 atom stereocenters. The molecule has 0 saturated carbocycles. The summed E-state index contributed by atoms with van der Waals surface area (Å²) in [5.74, 6) is 0.574. The van der Waals surface area contributed by atoms with Gasteiger partial charge in [-0.3, -0.25) is 0 Å². The van der Waals surface area contributed by atoms with Crippen LogP contribution < -0.4 is 5.32 Å². The average molecular weight is 289 g/mol. The first-order valence-electron chi connectivity index (χ1n) is 7.99. The number of anilines is 1. The van der Waals surface area contributed by atoms with Crippen molar-refractivity contribution in [1.82, 2.24) is 0 Å². The second-order valence-corrected chi connectivity index (χ2v) is 6.21. The van der Waals surface area contributed by atoms with Crippen LogP contribution in [0.2, 0.25) is 0 Å². The van der Waals surface area contributed by atoms with E-state index in [0.717, 1.165) is 0 Å². The highest BCUT2D eigenvalue weighted by atomic mass is 14.9. The highest BCUT2D eigenvalue weighted by Crippen LogP contribution is 2.27. The van der Waals surface area contributed by atoms with Gasteiger partial charge in [0.15, 0.2) is 0 Å². The number of rotatable bonds is 4. The van der Waals surface area contributed by atoms with Gasteiger partial charge in [-0.15, -0.1) is 0 Å². The molecular formula is C21H23N. The van der Waals surface area contributed by atoms with E-state index in [-0.39, 0.29) is 6.04 Å². The summed E-state index contributed by atoms with van der Waals surface area (Å²) in [6.07, 6.45) is 0. The zero-order valence-electron chi connectivity index (χ0n) is 13.5. The van der Waals surface area contributed by atoms with Crippen molar-refractivity contribution in [2.24, 2.45) is 0 Å². The maximum absolute atomic E-state index is 3.62. The van der Waals surface area contributed by atoms with Gasteiger partial charge in [-0.2, -0.15) is 0 Å². The van der Waals surface area contributed by atoms with E-state index < -0.39 is 0 Å². The third-order valence-electron chi connectivity index (χ3n) is 4.25. The Labute approximate surface area is 133 Å². The molecule has 0 aliphatic carbocycles. The molecule has 0 aliphatic rings. The fraction of sp³-hybridized carbons (Fsp3) is 0.238. The molecule has 0 spiro atoms. The molecule has 22 heavy (non-hydrogen) atoms. The zero-order valence-corrected chi connectivity index (χ0v) is 13.5. The quantitative estimate of drug-likeness (QED) is 0.608. The summed E-state index contributed by atoms with van der Waals surface area (Å²) in [5.41, 5.74) is 3.89. The van der Waals surface area contributed by atoms with Crippen LogP contribution in [0.5, 0.6) is 0 Å². The minimum Gasteiger partial charge on any atom is -0.378 e. The zero-order chi connectivity index (χ0) is 15.5. The average Bonchev–Trinajstić information content (AvgIpc) is 2.54. The van der Waals surface area contributed by atoms with Gasteiger partial charge in [-0.05, 0) is 46.9 Å². The van der Waals surface area contributed by atoms with Crippen LogP contribution in [0.25, 0.3) is 10.8 Å². The van der Waals surface area contributed by atoms with Crippen molar-refractivity contribution in [3.63, 3.8) is 0 Å². The van der Waals surface area contributed by atoms with E-state index in [4.69, 9.17) is 0 Å². The Bertz CT molecular complexity index is 751. The van der Waals surface area contributed by atoms with Gasteiger partial charge in [0.25, 0.3) is 0 Å². The van der Waals surface area contributed by atoms with Crippen molar-refractivity contribution in [1.29, 1.82) is 0 Å². The van der Waals surface area contributed by atoms with E-state index >= 15 is 0 Å². The Morgan fingerprint density at radius 3 is 2.14 bits per heavy atom. The van der Waals surface area contributed by atoms with Gasteiger partial charge in [-0.25, -0.2) is 0 Å². The largest absolute Gasteiger partial charge is 0.378 e. The summed E-state index contributed by atoms with van der Waals surface area (Å²) in [7, 11) is 0. The van der Waals surface area contributed by atoms with E-state index in [1.807, 2.05) is 0 Å². The molecule has 0 amide bonds. The van der Waals surface area contributed by atoms with Gasteiger partial charge in [-0.1, -0.05) is 68.4 Å². The molecule has 0 radical (unpaired) electrons. The fourth-order valence-corrected chi connectivity index (χ4v) is 2.92. The normalized spacial score (nSPS) is 12.5. The molecule has 3 rings (SSSR count). The van der Waals surface area contributed by atoms with Crippen molar-refractivity contribution in [3.8, 4) is 0 Å². The number of fused-ring (bicyclic) bond motifs is 1. The maximum atomic E-state index is 3.62. The maximum Gasteiger partial charge on any atom is 0.0491 e. The Morgan fingerprint density at radius 2 is 1.41 bits per heavy atom. The van der Waals surface area contributed by atoms with Gasteiger partial charge >= 0.3 is 0 Å². The molecule has 0 bridgehead atoms. The van der Waals surface area contributed by atoms with Crippen LogP contribution in [0.3, 0.4) is 0 Å². The SMILES string of the molecule is CC(C)c1ccc(N[C@H](C)c2cccc3ccccc23)cc1. The lowest BCUT2D eigenvalue weighted by atomic mass is 9.99. The summed E-state index contributed by atoms with van der Waals surface area (Å²) in [6, 6.07) is 24.1. The van der Waals surface area contributed by atoms with Gasteiger partial charge in [0, 0.05) is 11.7 Å². The van der Waals surface area contributed by atoms with Crippen LogP contribution in [-0.4, -0.2) is 0 Å². The minimum atomic E-state index is 0.274. The monoisotopic (exact) mass is 289 g/mol. The Hall–Kier alpha value is -2.28. The molecule has 3 aromatic carbocycles. The second-order valence-electron chi connectivity index (χ2n) is 6.21. The molecule has 0 aliphatic heterocycles. The van der Waals surface area contributed by atoms with Crippen LogP contribution in [0.15, 0.2) is 66.7 Å². The predicted octanol–water partition coefficient (Wildman–Crippen LogP) is 6.14. The summed E-state index contributed by atoms with van der Waals surface area (Å²) in [4.78, 5) is 0. The van der Waals surface area contributed by atoms with Crippen molar-refractivity contribution in [3.05, 3.63) is 77.9 Å². The van der Waals surface area contributed by atoms with Crippen molar-refractivity contribution < 1.29 is 0 Å². The molecule has 0 unspecified atom stereocenters. The lowest BCUT2D eigenvalue weighted by Gasteiger charge is -2.18. The Kier molecular flexibility index (Phi) is 4.15. The van der Waals surface area contributed by atoms with Crippen LogP contribution >= 0.6 is 0 Å². The molecule has 0 heterocycles. The Morgan fingerprint density at radius 1 is 0.727 bits per heavy atom. The van der Waals surface area contributed by atoms with Crippen molar-refractivity contribution in [2.45, 2.75) is 32.7 Å². The molecule has 112 valence electrons. The van der Waals surface area contributed by atoms with E-state index in [2.05, 4.69) is 92.8 Å². The van der Waals surface area contributed by atoms with E-state index in [1.54, 1.807) is 0 Å². The van der Waals surface area contributed by atoms with E-state index in [1.165, 1.54) is 27.6 Å².